The van der Waals surface area contributed by atoms with E-state index in [9.17, 15) is 4.79 Å². The molecular formula is C22H25N3O2. The number of carbonyl (C=O) groups is 1. The number of hydrogen-bond donors (Lipinski definition) is 0. The van der Waals surface area contributed by atoms with Crippen molar-refractivity contribution in [3.63, 3.8) is 0 Å². The van der Waals surface area contributed by atoms with E-state index in [1.807, 2.05) is 41.3 Å². The summed E-state index contributed by atoms with van der Waals surface area (Å²) in [6, 6.07) is 16.1. The van der Waals surface area contributed by atoms with E-state index in [1.54, 1.807) is 7.11 Å². The minimum atomic E-state index is 0.189. The fourth-order valence-corrected chi connectivity index (χ4v) is 3.74. The largest absolute Gasteiger partial charge is 0.497 e. The number of amides is 1. The second kappa shape index (κ2) is 7.82. The molecule has 27 heavy (non-hydrogen) atoms. The number of benzene rings is 2. The number of fused-ring (bicyclic) bond motifs is 1. The van der Waals surface area contributed by atoms with Crippen molar-refractivity contribution < 1.29 is 9.53 Å². The Balaban J connectivity index is 1.63. The Hall–Kier alpha value is -2.82. The van der Waals surface area contributed by atoms with E-state index in [2.05, 4.69) is 16.7 Å². The number of rotatable bonds is 5. The standard InChI is InChI=1S/C22H25N3O2/c1-27-18-11-9-17(10-12-18)15-21-23-19-7-3-4-8-20(19)25(21)16-22(26)24-13-5-2-6-14-24/h3-4,7-12H,2,5-6,13-16H2,1H3. The van der Waals surface area contributed by atoms with Gasteiger partial charge in [0.15, 0.2) is 0 Å². The molecule has 1 aliphatic rings. The number of para-hydroxylation sites is 2. The lowest BCUT2D eigenvalue weighted by Gasteiger charge is -2.27. The average Bonchev–Trinajstić information content (AvgIpc) is 3.06. The molecule has 0 unspecified atom stereocenters. The van der Waals surface area contributed by atoms with E-state index in [0.29, 0.717) is 13.0 Å². The third-order valence-corrected chi connectivity index (χ3v) is 5.26. The number of likely N-dealkylation sites (tertiary alicyclic amines) is 1. The Kier molecular flexibility index (Phi) is 5.10. The van der Waals surface area contributed by atoms with Crippen molar-refractivity contribution in [1.29, 1.82) is 0 Å². The van der Waals surface area contributed by atoms with E-state index >= 15 is 0 Å². The molecule has 4 rings (SSSR count). The average molecular weight is 363 g/mol. The Morgan fingerprint density at radius 1 is 1.04 bits per heavy atom. The monoisotopic (exact) mass is 363 g/mol. The van der Waals surface area contributed by atoms with Crippen LogP contribution in [-0.4, -0.2) is 40.6 Å². The lowest BCUT2D eigenvalue weighted by atomic mass is 10.1. The number of piperidine rings is 1. The fraction of sp³-hybridized carbons (Fsp3) is 0.364. The zero-order valence-electron chi connectivity index (χ0n) is 15.7. The van der Waals surface area contributed by atoms with Gasteiger partial charge in [-0.25, -0.2) is 4.98 Å². The van der Waals surface area contributed by atoms with Crippen LogP contribution in [0.25, 0.3) is 11.0 Å². The molecule has 0 bridgehead atoms. The predicted octanol–water partition coefficient (Wildman–Crippen LogP) is 3.65. The van der Waals surface area contributed by atoms with Crippen LogP contribution in [0.1, 0.15) is 30.7 Å². The van der Waals surface area contributed by atoms with E-state index in [1.165, 1.54) is 6.42 Å². The van der Waals surface area contributed by atoms with E-state index in [0.717, 1.165) is 54.1 Å². The maximum absolute atomic E-state index is 12.9. The summed E-state index contributed by atoms with van der Waals surface area (Å²) in [5.74, 6) is 1.95. The van der Waals surface area contributed by atoms with Gasteiger partial charge in [-0.3, -0.25) is 4.79 Å². The summed E-state index contributed by atoms with van der Waals surface area (Å²) in [6.45, 7) is 2.10. The molecule has 0 radical (unpaired) electrons. The minimum absolute atomic E-state index is 0.189. The van der Waals surface area contributed by atoms with Crippen LogP contribution in [0.4, 0.5) is 0 Å². The van der Waals surface area contributed by atoms with Crippen LogP contribution >= 0.6 is 0 Å². The van der Waals surface area contributed by atoms with Gasteiger partial charge in [-0.2, -0.15) is 0 Å². The van der Waals surface area contributed by atoms with E-state index in [4.69, 9.17) is 9.72 Å². The number of ether oxygens (including phenoxy) is 1. The van der Waals surface area contributed by atoms with Crippen molar-refractivity contribution in [3.05, 3.63) is 59.9 Å². The first-order valence-electron chi connectivity index (χ1n) is 9.59. The molecule has 5 nitrogen and oxygen atoms in total. The highest BCUT2D eigenvalue weighted by atomic mass is 16.5. The molecule has 0 saturated carbocycles. The minimum Gasteiger partial charge on any atom is -0.497 e. The van der Waals surface area contributed by atoms with Gasteiger partial charge < -0.3 is 14.2 Å². The Morgan fingerprint density at radius 3 is 2.52 bits per heavy atom. The van der Waals surface area contributed by atoms with Crippen molar-refractivity contribution >= 4 is 16.9 Å². The highest BCUT2D eigenvalue weighted by molar-refractivity contribution is 5.81. The number of nitrogens with zero attached hydrogens (tertiary/aromatic N) is 3. The fourth-order valence-electron chi connectivity index (χ4n) is 3.74. The normalized spacial score (nSPS) is 14.5. The van der Waals surface area contributed by atoms with E-state index in [-0.39, 0.29) is 5.91 Å². The number of imidazole rings is 1. The molecule has 1 aliphatic heterocycles. The second-order valence-electron chi connectivity index (χ2n) is 7.07. The first-order valence-corrected chi connectivity index (χ1v) is 9.59. The van der Waals surface area contributed by atoms with Gasteiger partial charge in [-0.05, 0) is 49.1 Å². The van der Waals surface area contributed by atoms with Crippen molar-refractivity contribution in [2.45, 2.75) is 32.2 Å². The third-order valence-electron chi connectivity index (χ3n) is 5.26. The Morgan fingerprint density at radius 2 is 1.78 bits per heavy atom. The lowest BCUT2D eigenvalue weighted by Crippen LogP contribution is -2.38. The molecule has 1 fully saturated rings. The van der Waals surface area contributed by atoms with Gasteiger partial charge in [-0.15, -0.1) is 0 Å². The van der Waals surface area contributed by atoms with Gasteiger partial charge in [0.1, 0.15) is 18.1 Å². The summed E-state index contributed by atoms with van der Waals surface area (Å²) in [7, 11) is 1.67. The Labute approximate surface area is 159 Å². The maximum Gasteiger partial charge on any atom is 0.242 e. The van der Waals surface area contributed by atoms with Crippen molar-refractivity contribution in [1.82, 2.24) is 14.5 Å². The van der Waals surface area contributed by atoms with Crippen LogP contribution < -0.4 is 4.74 Å². The maximum atomic E-state index is 12.9. The van der Waals surface area contributed by atoms with Gasteiger partial charge in [0.05, 0.1) is 18.1 Å². The molecule has 1 aromatic heterocycles. The molecule has 5 heteroatoms. The number of methoxy groups -OCH3 is 1. The molecule has 0 N–H and O–H groups in total. The molecule has 2 aromatic carbocycles. The summed E-state index contributed by atoms with van der Waals surface area (Å²) >= 11 is 0. The molecule has 140 valence electrons. The highest BCUT2D eigenvalue weighted by Gasteiger charge is 2.20. The van der Waals surface area contributed by atoms with Gasteiger partial charge in [0, 0.05) is 19.5 Å². The van der Waals surface area contributed by atoms with Gasteiger partial charge >= 0.3 is 0 Å². The van der Waals surface area contributed by atoms with Crippen LogP contribution in [0.3, 0.4) is 0 Å². The smallest absolute Gasteiger partial charge is 0.242 e. The molecule has 0 atom stereocenters. The Bertz CT molecular complexity index is 924. The molecule has 0 aliphatic carbocycles. The molecular weight excluding hydrogens is 338 g/mol. The molecule has 1 saturated heterocycles. The summed E-state index contributed by atoms with van der Waals surface area (Å²) in [5.41, 5.74) is 3.11. The lowest BCUT2D eigenvalue weighted by molar-refractivity contribution is -0.132. The van der Waals surface area contributed by atoms with Crippen molar-refractivity contribution in [2.75, 3.05) is 20.2 Å². The van der Waals surface area contributed by atoms with Gasteiger partial charge in [0.25, 0.3) is 0 Å². The first kappa shape index (κ1) is 17.6. The zero-order valence-corrected chi connectivity index (χ0v) is 15.7. The van der Waals surface area contributed by atoms with Gasteiger partial charge in [-0.1, -0.05) is 24.3 Å². The van der Waals surface area contributed by atoms with Crippen LogP contribution in [0.15, 0.2) is 48.5 Å². The third kappa shape index (κ3) is 3.82. The second-order valence-corrected chi connectivity index (χ2v) is 7.07. The quantitative estimate of drug-likeness (QED) is 0.695. The summed E-state index contributed by atoms with van der Waals surface area (Å²) in [4.78, 5) is 19.7. The first-order chi connectivity index (χ1) is 13.2. The summed E-state index contributed by atoms with van der Waals surface area (Å²) in [5, 5.41) is 0. The number of aromatic nitrogens is 2. The van der Waals surface area contributed by atoms with Crippen LogP contribution in [-0.2, 0) is 17.8 Å². The van der Waals surface area contributed by atoms with Crippen molar-refractivity contribution in [3.8, 4) is 5.75 Å². The van der Waals surface area contributed by atoms with Gasteiger partial charge in [0.2, 0.25) is 5.91 Å². The van der Waals surface area contributed by atoms with E-state index < -0.39 is 0 Å². The van der Waals surface area contributed by atoms with Crippen LogP contribution in [0.2, 0.25) is 0 Å². The highest BCUT2D eigenvalue weighted by Crippen LogP contribution is 2.21. The SMILES string of the molecule is COc1ccc(Cc2nc3ccccc3n2CC(=O)N2CCCCC2)cc1. The summed E-state index contributed by atoms with van der Waals surface area (Å²) < 4.78 is 7.32. The molecule has 3 aromatic rings. The summed E-state index contributed by atoms with van der Waals surface area (Å²) in [6.07, 6.45) is 4.12. The van der Waals surface area contributed by atoms with Crippen LogP contribution in [0.5, 0.6) is 5.75 Å². The number of carbonyl (C=O) groups excluding carboxylic acids is 1. The number of hydrogen-bond acceptors (Lipinski definition) is 3. The molecule has 2 heterocycles. The van der Waals surface area contributed by atoms with Crippen molar-refractivity contribution in [2.24, 2.45) is 0 Å². The predicted molar refractivity (Wildman–Crippen MR) is 106 cm³/mol. The molecule has 1 amide bonds. The zero-order chi connectivity index (χ0) is 18.6. The van der Waals surface area contributed by atoms with Crippen LogP contribution in [0, 0.1) is 0 Å². The topological polar surface area (TPSA) is 47.4 Å². The molecule has 0 spiro atoms.